The number of carbonyl (C=O) groups is 4. The summed E-state index contributed by atoms with van der Waals surface area (Å²) in [6.45, 7) is 13.4. The molecule has 278 valence electrons. The minimum absolute atomic E-state index is 0.131. The van der Waals surface area contributed by atoms with E-state index in [1.54, 1.807) is 45.0 Å². The van der Waals surface area contributed by atoms with E-state index < -0.39 is 53.3 Å². The Bertz CT molecular complexity index is 1600. The van der Waals surface area contributed by atoms with Gasteiger partial charge in [-0.15, -0.1) is 0 Å². The van der Waals surface area contributed by atoms with Crippen molar-refractivity contribution in [2.24, 2.45) is 22.5 Å². The Hall–Kier alpha value is -3.93. The van der Waals surface area contributed by atoms with Crippen LogP contribution in [0.25, 0.3) is 0 Å². The fourth-order valence-electron chi connectivity index (χ4n) is 6.10. The van der Waals surface area contributed by atoms with Crippen LogP contribution in [0.1, 0.15) is 84.1 Å². The minimum atomic E-state index is -1.15. The minimum Gasteiger partial charge on any atom is -0.495 e. The van der Waals surface area contributed by atoms with Gasteiger partial charge in [0, 0.05) is 31.3 Å². The SMILES string of the molecule is COc1ccc(C[C@H]2NC(=O)/C=C\C[C@@H]([C@H](C)[C@H]3O[C@@H]3c3ccc(CN)cc3)OC(=O)[C@H](CC(C)(C)C)NC(=O)C(C)(C)C(C)NC2=O)cc1Cl. The zero-order chi connectivity index (χ0) is 37.7. The van der Waals surface area contributed by atoms with Gasteiger partial charge in [0.15, 0.2) is 0 Å². The van der Waals surface area contributed by atoms with Gasteiger partial charge in [0.25, 0.3) is 0 Å². The van der Waals surface area contributed by atoms with E-state index in [2.05, 4.69) is 16.0 Å². The maximum Gasteiger partial charge on any atom is 0.328 e. The van der Waals surface area contributed by atoms with Crippen molar-refractivity contribution in [3.8, 4) is 5.75 Å². The van der Waals surface area contributed by atoms with Crippen LogP contribution < -0.4 is 26.4 Å². The van der Waals surface area contributed by atoms with Crippen LogP contribution in [0.15, 0.2) is 54.6 Å². The molecule has 2 aliphatic rings. The van der Waals surface area contributed by atoms with Gasteiger partial charge in [-0.05, 0) is 67.5 Å². The maximum atomic E-state index is 13.9. The molecule has 2 aliphatic heterocycles. The predicted molar refractivity (Wildman–Crippen MR) is 196 cm³/mol. The van der Waals surface area contributed by atoms with Crippen molar-refractivity contribution in [3.05, 3.63) is 76.3 Å². The molecular formula is C39H53ClN4O7. The Morgan fingerprint density at radius 1 is 1.00 bits per heavy atom. The average Bonchev–Trinajstić information content (AvgIpc) is 3.87. The van der Waals surface area contributed by atoms with Crippen molar-refractivity contribution >= 4 is 35.3 Å². The maximum absolute atomic E-state index is 13.9. The standard InChI is InChI=1S/C39H53ClN4O7/c1-22(33-34(51-33)26-15-12-24(21-41)13-16-26)30-10-9-11-32(45)43-28(19-25-14-17-31(49-8)27(40)18-25)35(46)42-23(2)39(6,7)37(48)44-29(36(47)50-30)20-38(3,4)5/h9,11-18,22-23,28-30,33-34H,10,19-21,41H2,1-8H3,(H,42,46)(H,43,45)(H,44,48)/b11-9-/t22-,23?,28+,29-,30-,33+,34+/m0/s1. The molecule has 2 aromatic rings. The normalized spacial score (nSPS) is 27.3. The number of nitrogens with two attached hydrogens (primary N) is 1. The second-order valence-electron chi connectivity index (χ2n) is 15.4. The van der Waals surface area contributed by atoms with E-state index in [0.29, 0.717) is 29.3 Å². The van der Waals surface area contributed by atoms with Crippen LogP contribution in [0, 0.1) is 16.7 Å². The number of esters is 1. The van der Waals surface area contributed by atoms with Crippen LogP contribution in [-0.2, 0) is 41.6 Å². The average molecular weight is 725 g/mol. The summed E-state index contributed by atoms with van der Waals surface area (Å²) in [7, 11) is 1.51. The molecule has 11 nitrogen and oxygen atoms in total. The smallest absolute Gasteiger partial charge is 0.328 e. The molecule has 0 radical (unpaired) electrons. The van der Waals surface area contributed by atoms with Gasteiger partial charge in [-0.1, -0.05) is 75.7 Å². The quantitative estimate of drug-likeness (QED) is 0.220. The fourth-order valence-corrected chi connectivity index (χ4v) is 6.38. The fraction of sp³-hybridized carbons (Fsp3) is 0.538. The predicted octanol–water partition coefficient (Wildman–Crippen LogP) is 4.93. The van der Waals surface area contributed by atoms with Crippen LogP contribution in [0.5, 0.6) is 5.75 Å². The molecule has 1 unspecified atom stereocenters. The lowest BCUT2D eigenvalue weighted by Crippen LogP contribution is -2.58. The molecule has 1 saturated heterocycles. The third-order valence-corrected chi connectivity index (χ3v) is 10.1. The van der Waals surface area contributed by atoms with Gasteiger partial charge >= 0.3 is 5.97 Å². The van der Waals surface area contributed by atoms with Crippen LogP contribution in [0.4, 0.5) is 0 Å². The number of methoxy groups -OCH3 is 1. The lowest BCUT2D eigenvalue weighted by molar-refractivity contribution is -0.157. The molecule has 1 fully saturated rings. The molecule has 2 aromatic carbocycles. The number of cyclic esters (lactones) is 1. The second-order valence-corrected chi connectivity index (χ2v) is 15.8. The first-order valence-corrected chi connectivity index (χ1v) is 17.9. The molecule has 5 N–H and O–H groups in total. The molecular weight excluding hydrogens is 672 g/mol. The molecule has 3 amide bonds. The number of hydrogen-bond donors (Lipinski definition) is 4. The summed E-state index contributed by atoms with van der Waals surface area (Å²) in [5.41, 5.74) is 6.99. The van der Waals surface area contributed by atoms with Gasteiger partial charge in [0.1, 0.15) is 30.0 Å². The van der Waals surface area contributed by atoms with Crippen molar-refractivity contribution in [1.29, 1.82) is 0 Å². The van der Waals surface area contributed by atoms with Gasteiger partial charge in [0.05, 0.1) is 23.7 Å². The Labute approximate surface area is 306 Å². The molecule has 0 bridgehead atoms. The lowest BCUT2D eigenvalue weighted by Gasteiger charge is -2.35. The van der Waals surface area contributed by atoms with E-state index in [9.17, 15) is 19.2 Å². The van der Waals surface area contributed by atoms with Crippen LogP contribution in [0.3, 0.4) is 0 Å². The van der Waals surface area contributed by atoms with E-state index in [4.69, 9.17) is 31.5 Å². The number of ether oxygens (including phenoxy) is 3. The van der Waals surface area contributed by atoms with Crippen LogP contribution >= 0.6 is 11.6 Å². The van der Waals surface area contributed by atoms with Gasteiger partial charge in [0.2, 0.25) is 17.7 Å². The van der Waals surface area contributed by atoms with Gasteiger partial charge < -0.3 is 35.9 Å². The van der Waals surface area contributed by atoms with Crippen molar-refractivity contribution < 1.29 is 33.4 Å². The van der Waals surface area contributed by atoms with Gasteiger partial charge in [-0.2, -0.15) is 0 Å². The van der Waals surface area contributed by atoms with E-state index in [1.165, 1.54) is 13.2 Å². The highest BCUT2D eigenvalue weighted by Crippen LogP contribution is 2.45. The number of amides is 3. The Morgan fingerprint density at radius 2 is 1.67 bits per heavy atom. The summed E-state index contributed by atoms with van der Waals surface area (Å²) in [5.74, 6) is -1.76. The molecule has 2 heterocycles. The number of hydrogen-bond acceptors (Lipinski definition) is 8. The third-order valence-electron chi connectivity index (χ3n) is 9.80. The highest BCUT2D eigenvalue weighted by atomic mass is 35.5. The number of nitrogens with one attached hydrogen (secondary N) is 3. The largest absolute Gasteiger partial charge is 0.495 e. The Balaban J connectivity index is 1.65. The molecule has 0 aliphatic carbocycles. The van der Waals surface area contributed by atoms with E-state index >= 15 is 0 Å². The van der Waals surface area contributed by atoms with E-state index in [1.807, 2.05) is 52.0 Å². The molecule has 0 spiro atoms. The van der Waals surface area contributed by atoms with Crippen LogP contribution in [0.2, 0.25) is 5.02 Å². The number of halogens is 1. The summed E-state index contributed by atoms with van der Waals surface area (Å²) < 4.78 is 17.6. The molecule has 12 heteroatoms. The summed E-state index contributed by atoms with van der Waals surface area (Å²) in [6, 6.07) is 10.4. The second kappa shape index (κ2) is 16.6. The van der Waals surface area contributed by atoms with E-state index in [-0.39, 0.29) is 36.4 Å². The van der Waals surface area contributed by atoms with Gasteiger partial charge in [-0.3, -0.25) is 14.4 Å². The Morgan fingerprint density at radius 3 is 2.27 bits per heavy atom. The van der Waals surface area contributed by atoms with Crippen molar-refractivity contribution in [2.45, 2.75) is 111 Å². The number of benzene rings is 2. The van der Waals surface area contributed by atoms with Crippen molar-refractivity contribution in [3.63, 3.8) is 0 Å². The number of epoxide rings is 1. The first-order valence-electron chi connectivity index (χ1n) is 17.5. The molecule has 51 heavy (non-hydrogen) atoms. The summed E-state index contributed by atoms with van der Waals surface area (Å²) in [5, 5.41) is 9.04. The first-order chi connectivity index (χ1) is 23.9. The molecule has 7 atom stereocenters. The molecule has 0 saturated carbocycles. The summed E-state index contributed by atoms with van der Waals surface area (Å²) in [4.78, 5) is 54.9. The number of rotatable bonds is 8. The highest BCUT2D eigenvalue weighted by molar-refractivity contribution is 6.32. The molecule has 0 aromatic heterocycles. The van der Waals surface area contributed by atoms with Crippen LogP contribution in [-0.4, -0.2) is 61.1 Å². The zero-order valence-electron chi connectivity index (χ0n) is 30.9. The topological polar surface area (TPSA) is 161 Å². The van der Waals surface area contributed by atoms with Crippen molar-refractivity contribution in [1.82, 2.24) is 16.0 Å². The number of carbonyl (C=O) groups excluding carboxylic acids is 4. The molecule has 4 rings (SSSR count). The van der Waals surface area contributed by atoms with Crippen molar-refractivity contribution in [2.75, 3.05) is 7.11 Å². The lowest BCUT2D eigenvalue weighted by atomic mass is 9.82. The van der Waals surface area contributed by atoms with E-state index in [0.717, 1.165) is 11.1 Å². The summed E-state index contributed by atoms with van der Waals surface area (Å²) in [6.07, 6.45) is 2.52. The first kappa shape index (κ1) is 39.8. The Kier molecular flexibility index (Phi) is 13.0. The summed E-state index contributed by atoms with van der Waals surface area (Å²) >= 11 is 6.36. The highest BCUT2D eigenvalue weighted by Gasteiger charge is 2.48. The van der Waals surface area contributed by atoms with Gasteiger partial charge in [-0.25, -0.2) is 4.79 Å². The monoisotopic (exact) mass is 724 g/mol. The zero-order valence-corrected chi connectivity index (χ0v) is 31.6. The third kappa shape index (κ3) is 10.6.